The average Bonchev–Trinajstić information content (AvgIpc) is 2.28. The van der Waals surface area contributed by atoms with E-state index in [1.807, 2.05) is 0 Å². The highest BCUT2D eigenvalue weighted by molar-refractivity contribution is 7.91. The van der Waals surface area contributed by atoms with Crippen LogP contribution < -0.4 is 10.6 Å². The Bertz CT molecular complexity index is 380. The summed E-state index contributed by atoms with van der Waals surface area (Å²) >= 11 is 0. The lowest BCUT2D eigenvalue weighted by Gasteiger charge is -2.09. The Morgan fingerprint density at radius 2 is 1.78 bits per heavy atom. The van der Waals surface area contributed by atoms with Crippen LogP contribution in [0, 0.1) is 5.92 Å². The molecule has 8 heteroatoms. The highest BCUT2D eigenvalue weighted by Gasteiger charge is 2.11. The van der Waals surface area contributed by atoms with Crippen molar-refractivity contribution in [3.63, 3.8) is 0 Å². The molecule has 1 atom stereocenters. The summed E-state index contributed by atoms with van der Waals surface area (Å²) in [5, 5.41) is 13.5. The number of carbonyl (C=O) groups excluding carboxylic acids is 1. The minimum absolute atomic E-state index is 0.0480. The van der Waals surface area contributed by atoms with E-state index in [4.69, 9.17) is 5.11 Å². The van der Waals surface area contributed by atoms with Crippen molar-refractivity contribution in [3.8, 4) is 0 Å². The fourth-order valence-corrected chi connectivity index (χ4v) is 1.75. The highest BCUT2D eigenvalue weighted by Crippen LogP contribution is 1.99. The third-order valence-electron chi connectivity index (χ3n) is 2.42. The van der Waals surface area contributed by atoms with Crippen LogP contribution in [0.4, 0.5) is 4.79 Å². The van der Waals surface area contributed by atoms with Gasteiger partial charge in [-0.1, -0.05) is 13.8 Å². The van der Waals surface area contributed by atoms with Crippen molar-refractivity contribution in [2.24, 2.45) is 5.92 Å². The molecule has 7 nitrogen and oxygen atoms in total. The van der Waals surface area contributed by atoms with Crippen molar-refractivity contribution in [3.05, 3.63) is 0 Å². The molecular weight excluding hydrogens is 260 g/mol. The quantitative estimate of drug-likeness (QED) is 0.571. The molecule has 106 valence electrons. The molecule has 0 aliphatic carbocycles. The zero-order valence-corrected chi connectivity index (χ0v) is 11.4. The molecule has 3 N–H and O–H groups in total. The fraction of sp³-hybridized carbons (Fsp3) is 0.800. The lowest BCUT2D eigenvalue weighted by Crippen LogP contribution is -2.39. The van der Waals surface area contributed by atoms with E-state index in [1.165, 1.54) is 0 Å². The van der Waals surface area contributed by atoms with E-state index < -0.39 is 27.8 Å². The maximum atomic E-state index is 11.2. The monoisotopic (exact) mass is 280 g/mol. The first kappa shape index (κ1) is 16.7. The Labute approximate surface area is 107 Å². The minimum Gasteiger partial charge on any atom is -0.481 e. The van der Waals surface area contributed by atoms with Gasteiger partial charge in [-0.25, -0.2) is 13.2 Å². The van der Waals surface area contributed by atoms with Gasteiger partial charge in [0, 0.05) is 18.8 Å². The summed E-state index contributed by atoms with van der Waals surface area (Å²) in [5.74, 6) is -1.48. The average molecular weight is 280 g/mol. The van der Waals surface area contributed by atoms with E-state index in [0.29, 0.717) is 6.42 Å². The Kier molecular flexibility index (Phi) is 7.33. The van der Waals surface area contributed by atoms with Gasteiger partial charge in [-0.3, -0.25) is 4.79 Å². The van der Waals surface area contributed by atoms with Gasteiger partial charge < -0.3 is 15.7 Å². The van der Waals surface area contributed by atoms with Gasteiger partial charge in [0.15, 0.2) is 9.84 Å². The Hall–Kier alpha value is -1.31. The summed E-state index contributed by atoms with van der Waals surface area (Å²) in [7, 11) is -3.08. The number of nitrogens with one attached hydrogen (secondary N) is 2. The topological polar surface area (TPSA) is 113 Å². The van der Waals surface area contributed by atoms with Gasteiger partial charge >= 0.3 is 12.0 Å². The number of amides is 2. The third kappa shape index (κ3) is 7.88. The van der Waals surface area contributed by atoms with Gasteiger partial charge in [0.2, 0.25) is 0 Å². The molecule has 18 heavy (non-hydrogen) atoms. The number of carboxylic acid groups (broad SMARTS) is 1. The number of carboxylic acids is 1. The predicted molar refractivity (Wildman–Crippen MR) is 67.1 cm³/mol. The maximum Gasteiger partial charge on any atom is 0.314 e. The molecule has 0 saturated heterocycles. The van der Waals surface area contributed by atoms with Gasteiger partial charge in [0.25, 0.3) is 0 Å². The van der Waals surface area contributed by atoms with Gasteiger partial charge in [-0.2, -0.15) is 0 Å². The van der Waals surface area contributed by atoms with Crippen LogP contribution in [0.2, 0.25) is 0 Å². The molecule has 0 aromatic heterocycles. The number of hydrogen-bond acceptors (Lipinski definition) is 4. The Morgan fingerprint density at radius 3 is 2.28 bits per heavy atom. The third-order valence-corrected chi connectivity index (χ3v) is 4.13. The van der Waals surface area contributed by atoms with Gasteiger partial charge in [-0.15, -0.1) is 0 Å². The van der Waals surface area contributed by atoms with Crippen molar-refractivity contribution in [2.45, 2.75) is 20.3 Å². The van der Waals surface area contributed by atoms with Crippen LogP contribution in [0.1, 0.15) is 20.3 Å². The lowest BCUT2D eigenvalue weighted by atomic mass is 10.1. The molecule has 0 aromatic rings. The normalized spacial score (nSPS) is 12.8. The van der Waals surface area contributed by atoms with Crippen LogP contribution in [0.15, 0.2) is 0 Å². The van der Waals surface area contributed by atoms with Crippen molar-refractivity contribution < 1.29 is 23.1 Å². The first-order chi connectivity index (χ1) is 8.28. The molecule has 0 radical (unpaired) electrons. The summed E-state index contributed by atoms with van der Waals surface area (Å²) in [5.41, 5.74) is 0. The zero-order chi connectivity index (χ0) is 14.2. The summed E-state index contributed by atoms with van der Waals surface area (Å²) in [4.78, 5) is 21.7. The molecule has 0 aromatic carbocycles. The smallest absolute Gasteiger partial charge is 0.314 e. The molecule has 0 aliphatic rings. The summed E-state index contributed by atoms with van der Waals surface area (Å²) < 4.78 is 22.2. The van der Waals surface area contributed by atoms with Crippen LogP contribution in [-0.2, 0) is 14.6 Å². The molecule has 2 amide bonds. The molecule has 1 unspecified atom stereocenters. The van der Waals surface area contributed by atoms with Gasteiger partial charge in [-0.05, 0) is 6.42 Å². The van der Waals surface area contributed by atoms with Crippen LogP contribution >= 0.6 is 0 Å². The second-order valence-electron chi connectivity index (χ2n) is 3.95. The fourth-order valence-electron chi connectivity index (χ4n) is 1.05. The van der Waals surface area contributed by atoms with Crippen LogP contribution in [0.25, 0.3) is 0 Å². The summed E-state index contributed by atoms with van der Waals surface area (Å²) in [6.07, 6.45) is 0.329. The van der Waals surface area contributed by atoms with E-state index in [2.05, 4.69) is 10.6 Å². The number of urea groups is 1. The van der Waals surface area contributed by atoms with E-state index in [0.717, 1.165) is 0 Å². The first-order valence-electron chi connectivity index (χ1n) is 5.73. The van der Waals surface area contributed by atoms with Gasteiger partial charge in [0.1, 0.15) is 0 Å². The first-order valence-corrected chi connectivity index (χ1v) is 7.55. The summed E-state index contributed by atoms with van der Waals surface area (Å²) in [6.45, 7) is 3.38. The van der Waals surface area contributed by atoms with E-state index in [1.54, 1.807) is 13.8 Å². The Morgan fingerprint density at radius 1 is 1.22 bits per heavy atom. The number of aliphatic carboxylic acids is 1. The molecule has 0 spiro atoms. The molecule has 0 aliphatic heterocycles. The van der Waals surface area contributed by atoms with E-state index in [9.17, 15) is 18.0 Å². The van der Waals surface area contributed by atoms with Gasteiger partial charge in [0.05, 0.1) is 11.7 Å². The molecule has 0 rings (SSSR count). The lowest BCUT2D eigenvalue weighted by molar-refractivity contribution is -0.141. The molecule has 0 heterocycles. The van der Waals surface area contributed by atoms with Crippen molar-refractivity contribution >= 4 is 21.8 Å². The van der Waals surface area contributed by atoms with E-state index >= 15 is 0 Å². The SMILES string of the molecule is CCS(=O)(=O)CCNC(=O)NCCC(C)C(=O)O. The molecular formula is C10H20N2O5S. The standard InChI is InChI=1S/C10H20N2O5S/c1-3-18(16,17)7-6-12-10(15)11-5-4-8(2)9(13)14/h8H,3-7H2,1-2H3,(H,13,14)(H2,11,12,15). The Balaban J connectivity index is 3.70. The minimum atomic E-state index is -3.08. The number of rotatable bonds is 8. The number of hydrogen-bond donors (Lipinski definition) is 3. The van der Waals surface area contributed by atoms with Crippen molar-refractivity contribution in [1.29, 1.82) is 0 Å². The van der Waals surface area contributed by atoms with Crippen LogP contribution in [-0.4, -0.2) is 50.1 Å². The number of carbonyl (C=O) groups is 2. The predicted octanol–water partition coefficient (Wildman–Crippen LogP) is -0.169. The second-order valence-corrected chi connectivity index (χ2v) is 6.42. The van der Waals surface area contributed by atoms with Crippen LogP contribution in [0.5, 0.6) is 0 Å². The summed E-state index contributed by atoms with van der Waals surface area (Å²) in [6, 6.07) is -0.487. The zero-order valence-electron chi connectivity index (χ0n) is 10.6. The highest BCUT2D eigenvalue weighted by atomic mass is 32.2. The van der Waals surface area contributed by atoms with Crippen molar-refractivity contribution in [2.75, 3.05) is 24.6 Å². The number of sulfone groups is 1. The second kappa shape index (κ2) is 7.91. The molecule has 0 fully saturated rings. The molecule has 0 saturated carbocycles. The molecule has 0 bridgehead atoms. The maximum absolute atomic E-state index is 11.2. The van der Waals surface area contributed by atoms with Crippen LogP contribution in [0.3, 0.4) is 0 Å². The largest absolute Gasteiger partial charge is 0.481 e. The van der Waals surface area contributed by atoms with E-state index in [-0.39, 0.29) is 24.6 Å². The van der Waals surface area contributed by atoms with Crippen molar-refractivity contribution in [1.82, 2.24) is 10.6 Å².